The first-order chi connectivity index (χ1) is 5.81. The Morgan fingerprint density at radius 2 is 2.00 bits per heavy atom. The number of nitrogens with one attached hydrogen (secondary N) is 1. The molecular formula is C3H7N2O6PS. The minimum atomic E-state index is -4.22. The van der Waals surface area contributed by atoms with Gasteiger partial charge in [0.25, 0.3) is 5.91 Å². The number of rotatable bonds is 4. The molecule has 0 atom stereocenters. The maximum Gasteiger partial charge on any atom is 0.339 e. The molecule has 0 aliphatic carbocycles. The van der Waals surface area contributed by atoms with Gasteiger partial charge in [0, 0.05) is 0 Å². The van der Waals surface area contributed by atoms with Crippen molar-refractivity contribution in [2.45, 2.75) is 0 Å². The summed E-state index contributed by atoms with van der Waals surface area (Å²) in [6.45, 7) is -0.529. The lowest BCUT2D eigenvalue weighted by Gasteiger charge is -2.02. The van der Waals surface area contributed by atoms with Crippen LogP contribution >= 0.6 is 7.60 Å². The van der Waals surface area contributed by atoms with Crippen LogP contribution in [-0.4, -0.2) is 36.9 Å². The van der Waals surface area contributed by atoms with Gasteiger partial charge in [0.2, 0.25) is 0 Å². The lowest BCUT2D eigenvalue weighted by molar-refractivity contribution is -0.116. The normalized spacial score (nSPS) is 10.9. The summed E-state index contributed by atoms with van der Waals surface area (Å²) in [5.74, 6) is -1.01. The summed E-state index contributed by atoms with van der Waals surface area (Å²) in [5, 5.41) is 2.05. The Bertz CT molecular complexity index is 346. The molecule has 0 heterocycles. The van der Waals surface area contributed by atoms with Gasteiger partial charge in [-0.15, -0.1) is 0 Å². The number of hydrogen-bond acceptors (Lipinski definition) is 5. The van der Waals surface area contributed by atoms with E-state index < -0.39 is 36.8 Å². The Kier molecular flexibility index (Phi) is 4.96. The zero-order chi connectivity index (χ0) is 10.5. The Morgan fingerprint density at radius 1 is 1.46 bits per heavy atom. The molecule has 13 heavy (non-hydrogen) atoms. The molecule has 1 amide bonds. The lowest BCUT2D eigenvalue weighted by atomic mass is 10.6. The van der Waals surface area contributed by atoms with E-state index in [4.69, 9.17) is 9.79 Å². The molecule has 0 unspecified atom stereocenters. The van der Waals surface area contributed by atoms with Crippen molar-refractivity contribution in [1.29, 1.82) is 0 Å². The molecule has 0 aliphatic heterocycles. The maximum absolute atomic E-state index is 10.5. The fourth-order valence-corrected chi connectivity index (χ4v) is 1.06. The second-order valence-corrected chi connectivity index (χ2v) is 4.21. The molecule has 0 aromatic heterocycles. The van der Waals surface area contributed by atoms with E-state index in [1.165, 1.54) is 0 Å². The molecule has 0 fully saturated rings. The van der Waals surface area contributed by atoms with E-state index >= 15 is 0 Å². The quantitative estimate of drug-likeness (QED) is 0.490. The van der Waals surface area contributed by atoms with E-state index in [9.17, 15) is 17.8 Å². The predicted molar refractivity (Wildman–Crippen MR) is 41.3 cm³/mol. The summed E-state index contributed by atoms with van der Waals surface area (Å²) in [4.78, 5) is 27.1. The van der Waals surface area contributed by atoms with Gasteiger partial charge in [-0.1, -0.05) is 4.36 Å². The van der Waals surface area contributed by atoms with Crippen molar-refractivity contribution >= 4 is 24.0 Å². The first-order valence-electron chi connectivity index (χ1n) is 2.90. The van der Waals surface area contributed by atoms with Gasteiger partial charge in [-0.3, -0.25) is 14.7 Å². The smallest absolute Gasteiger partial charge is 0.324 e. The van der Waals surface area contributed by atoms with Crippen LogP contribution in [0.5, 0.6) is 0 Å². The van der Waals surface area contributed by atoms with Crippen molar-refractivity contribution < 1.29 is 27.6 Å². The molecule has 0 rings (SSSR count). The largest absolute Gasteiger partial charge is 0.339 e. The summed E-state index contributed by atoms with van der Waals surface area (Å²) in [6.07, 6.45) is -0.695. The molecule has 3 N–H and O–H groups in total. The molecule has 0 saturated heterocycles. The van der Waals surface area contributed by atoms with E-state index in [1.54, 1.807) is 0 Å². The van der Waals surface area contributed by atoms with E-state index in [0.717, 1.165) is 0 Å². The van der Waals surface area contributed by atoms with Crippen LogP contribution in [0, 0.1) is 0 Å². The molecule has 0 bridgehead atoms. The van der Waals surface area contributed by atoms with Gasteiger partial charge in [-0.25, -0.2) is 0 Å². The molecule has 10 heteroatoms. The molecule has 0 aliphatic rings. The number of hydrogen-bond donors (Lipinski definition) is 3. The second kappa shape index (κ2) is 5.20. The standard InChI is InChI=1S/C3H7N2O6PS/c6-3(5-13(10)11)1-4-2-12(7,8)9/h4H,1-2H2,(H2,7,8,9). The van der Waals surface area contributed by atoms with Crippen LogP contribution in [0.2, 0.25) is 0 Å². The average Bonchev–Trinajstić information content (AvgIpc) is 1.81. The van der Waals surface area contributed by atoms with Crippen molar-refractivity contribution in [3.05, 3.63) is 0 Å². The monoisotopic (exact) mass is 230 g/mol. The van der Waals surface area contributed by atoms with Crippen molar-refractivity contribution in [1.82, 2.24) is 5.32 Å². The molecule has 0 radical (unpaired) electrons. The molecule has 0 saturated carbocycles. The van der Waals surface area contributed by atoms with Crippen LogP contribution in [-0.2, 0) is 19.9 Å². The summed E-state index contributed by atoms with van der Waals surface area (Å²) in [5.41, 5.74) is 0. The van der Waals surface area contributed by atoms with Crippen LogP contribution in [0.4, 0.5) is 0 Å². The highest BCUT2D eigenvalue weighted by atomic mass is 32.2. The predicted octanol–water partition coefficient (Wildman–Crippen LogP) is -1.70. The van der Waals surface area contributed by atoms with Crippen molar-refractivity contribution in [2.24, 2.45) is 4.36 Å². The van der Waals surface area contributed by atoms with Gasteiger partial charge < -0.3 is 9.79 Å². The Balaban J connectivity index is 3.87. The van der Waals surface area contributed by atoms with Gasteiger partial charge in [-0.2, -0.15) is 8.42 Å². The minimum Gasteiger partial charge on any atom is -0.324 e. The van der Waals surface area contributed by atoms with Gasteiger partial charge in [-0.05, 0) is 0 Å². The number of amides is 1. The highest BCUT2D eigenvalue weighted by Gasteiger charge is 2.12. The Hall–Kier alpha value is -0.600. The van der Waals surface area contributed by atoms with Gasteiger partial charge in [0.1, 0.15) is 0 Å². The maximum atomic E-state index is 10.5. The molecule has 76 valence electrons. The first-order valence-corrected chi connectivity index (χ1v) is 5.73. The molecular weight excluding hydrogens is 223 g/mol. The van der Waals surface area contributed by atoms with Crippen molar-refractivity contribution in [3.8, 4) is 0 Å². The second-order valence-electron chi connectivity index (χ2n) is 1.95. The van der Waals surface area contributed by atoms with E-state index in [0.29, 0.717) is 0 Å². The molecule has 0 aromatic carbocycles. The summed E-state index contributed by atoms with van der Waals surface area (Å²) < 4.78 is 32.4. The fraction of sp³-hybridized carbons (Fsp3) is 0.667. The summed E-state index contributed by atoms with van der Waals surface area (Å²) >= 11 is 0. The third-order valence-corrected chi connectivity index (χ3v) is 1.76. The van der Waals surface area contributed by atoms with Crippen LogP contribution in [0.15, 0.2) is 4.36 Å². The highest BCUT2D eigenvalue weighted by Crippen LogP contribution is 2.31. The molecule has 0 aromatic rings. The highest BCUT2D eigenvalue weighted by molar-refractivity contribution is 7.62. The Labute approximate surface area is 74.8 Å². The summed E-state index contributed by atoms with van der Waals surface area (Å²) in [6, 6.07) is 0. The topological polar surface area (TPSA) is 133 Å². The van der Waals surface area contributed by atoms with Gasteiger partial charge in [0.05, 0.1) is 12.8 Å². The van der Waals surface area contributed by atoms with Crippen LogP contribution in [0.1, 0.15) is 0 Å². The minimum absolute atomic E-state index is 0.529. The third-order valence-electron chi connectivity index (χ3n) is 0.770. The van der Waals surface area contributed by atoms with Gasteiger partial charge in [0.15, 0.2) is 0 Å². The van der Waals surface area contributed by atoms with Crippen LogP contribution < -0.4 is 5.32 Å². The summed E-state index contributed by atoms with van der Waals surface area (Å²) in [7, 11) is -7.04. The van der Waals surface area contributed by atoms with Gasteiger partial charge >= 0.3 is 18.1 Å². The zero-order valence-electron chi connectivity index (χ0n) is 6.24. The van der Waals surface area contributed by atoms with Crippen LogP contribution in [0.3, 0.4) is 0 Å². The lowest BCUT2D eigenvalue weighted by Crippen LogP contribution is -2.22. The van der Waals surface area contributed by atoms with E-state index in [2.05, 4.69) is 9.68 Å². The molecule has 8 nitrogen and oxygen atoms in total. The van der Waals surface area contributed by atoms with Crippen molar-refractivity contribution in [3.63, 3.8) is 0 Å². The Morgan fingerprint density at radius 3 is 2.38 bits per heavy atom. The third kappa shape index (κ3) is 9.31. The average molecular weight is 230 g/mol. The fourth-order valence-electron chi connectivity index (χ4n) is 0.424. The molecule has 0 spiro atoms. The first kappa shape index (κ1) is 12.4. The van der Waals surface area contributed by atoms with E-state index in [-0.39, 0.29) is 0 Å². The zero-order valence-corrected chi connectivity index (χ0v) is 7.96. The van der Waals surface area contributed by atoms with Crippen molar-refractivity contribution in [2.75, 3.05) is 12.8 Å². The van der Waals surface area contributed by atoms with Crippen LogP contribution in [0.25, 0.3) is 0 Å². The SMILES string of the molecule is O=C(CNCP(=O)(O)O)N=S(=O)=O. The number of nitrogens with zero attached hydrogens (tertiary/aromatic N) is 1. The number of carbonyl (C=O) groups excluding carboxylic acids is 1. The van der Waals surface area contributed by atoms with E-state index in [1.807, 2.05) is 0 Å². The number of carbonyl (C=O) groups is 1.